The fourth-order valence-corrected chi connectivity index (χ4v) is 4.60. The number of halogens is 2. The SMILES string of the molecule is CCn1cc(C(=O)Nc2ccc(F)c(F)c2)c(S(=O)(=O)N2CCC(C)CC2)n1. The van der Waals surface area contributed by atoms with Crippen molar-refractivity contribution in [1.29, 1.82) is 0 Å². The van der Waals surface area contributed by atoms with Gasteiger partial charge in [0.1, 0.15) is 0 Å². The lowest BCUT2D eigenvalue weighted by molar-refractivity contribution is 0.102. The Morgan fingerprint density at radius 2 is 1.93 bits per heavy atom. The summed E-state index contributed by atoms with van der Waals surface area (Å²) in [5.41, 5.74) is -0.117. The molecule has 1 aromatic heterocycles. The quantitative estimate of drug-likeness (QED) is 0.819. The van der Waals surface area contributed by atoms with E-state index in [1.807, 2.05) is 0 Å². The first-order valence-electron chi connectivity index (χ1n) is 9.06. The molecule has 0 spiro atoms. The Balaban J connectivity index is 1.92. The van der Waals surface area contributed by atoms with Crippen molar-refractivity contribution in [2.24, 2.45) is 5.92 Å². The number of hydrogen-bond donors (Lipinski definition) is 1. The van der Waals surface area contributed by atoms with E-state index in [4.69, 9.17) is 0 Å². The van der Waals surface area contributed by atoms with Crippen LogP contribution in [-0.4, -0.2) is 41.5 Å². The zero-order chi connectivity index (χ0) is 20.5. The molecule has 1 aliphatic heterocycles. The summed E-state index contributed by atoms with van der Waals surface area (Å²) in [7, 11) is -3.95. The van der Waals surface area contributed by atoms with E-state index < -0.39 is 27.6 Å². The topological polar surface area (TPSA) is 84.3 Å². The van der Waals surface area contributed by atoms with Crippen molar-refractivity contribution in [1.82, 2.24) is 14.1 Å². The zero-order valence-electron chi connectivity index (χ0n) is 15.7. The molecule has 2 aromatic rings. The Morgan fingerprint density at radius 1 is 1.25 bits per heavy atom. The summed E-state index contributed by atoms with van der Waals surface area (Å²) in [4.78, 5) is 12.7. The first-order chi connectivity index (χ1) is 13.2. The third-order valence-corrected chi connectivity index (χ3v) is 6.64. The first kappa shape index (κ1) is 20.4. The lowest BCUT2D eigenvalue weighted by Crippen LogP contribution is -2.38. The van der Waals surface area contributed by atoms with E-state index in [2.05, 4.69) is 17.3 Å². The Kier molecular flexibility index (Phi) is 5.80. The maximum Gasteiger partial charge on any atom is 0.263 e. The van der Waals surface area contributed by atoms with Crippen molar-refractivity contribution < 1.29 is 22.0 Å². The summed E-state index contributed by atoms with van der Waals surface area (Å²) in [6, 6.07) is 2.91. The van der Waals surface area contributed by atoms with Gasteiger partial charge in [-0.1, -0.05) is 6.92 Å². The minimum atomic E-state index is -3.95. The smallest absolute Gasteiger partial charge is 0.263 e. The van der Waals surface area contributed by atoms with E-state index in [1.54, 1.807) is 6.92 Å². The van der Waals surface area contributed by atoms with Gasteiger partial charge >= 0.3 is 0 Å². The molecule has 2 heterocycles. The third kappa shape index (κ3) is 4.07. The van der Waals surface area contributed by atoms with E-state index >= 15 is 0 Å². The van der Waals surface area contributed by atoms with E-state index in [-0.39, 0.29) is 16.3 Å². The molecule has 28 heavy (non-hydrogen) atoms. The molecule has 1 saturated heterocycles. The first-order valence-corrected chi connectivity index (χ1v) is 10.5. The summed E-state index contributed by atoms with van der Waals surface area (Å²) in [6.07, 6.45) is 2.82. The number of carbonyl (C=O) groups excluding carboxylic acids is 1. The monoisotopic (exact) mass is 412 g/mol. The number of nitrogens with one attached hydrogen (secondary N) is 1. The molecule has 1 N–H and O–H groups in total. The van der Waals surface area contributed by atoms with Gasteiger partial charge in [0.25, 0.3) is 15.9 Å². The van der Waals surface area contributed by atoms with Gasteiger partial charge in [0.2, 0.25) is 5.03 Å². The molecule has 152 valence electrons. The highest BCUT2D eigenvalue weighted by Crippen LogP contribution is 2.25. The van der Waals surface area contributed by atoms with Gasteiger partial charge in [-0.3, -0.25) is 9.48 Å². The second-order valence-electron chi connectivity index (χ2n) is 6.87. The molecule has 0 bridgehead atoms. The van der Waals surface area contributed by atoms with Crippen LogP contribution < -0.4 is 5.32 Å². The maximum absolute atomic E-state index is 13.4. The molecule has 1 fully saturated rings. The van der Waals surface area contributed by atoms with Crippen LogP contribution in [0.1, 0.15) is 37.0 Å². The van der Waals surface area contributed by atoms with Crippen molar-refractivity contribution in [3.8, 4) is 0 Å². The number of rotatable bonds is 5. The molecule has 3 rings (SSSR count). The molecule has 0 aliphatic carbocycles. The highest BCUT2D eigenvalue weighted by molar-refractivity contribution is 7.89. The minimum Gasteiger partial charge on any atom is -0.322 e. The molecule has 0 saturated carbocycles. The summed E-state index contributed by atoms with van der Waals surface area (Å²) >= 11 is 0. The van der Waals surface area contributed by atoms with Gasteiger partial charge in [-0.15, -0.1) is 0 Å². The van der Waals surface area contributed by atoms with Crippen LogP contribution in [-0.2, 0) is 16.6 Å². The van der Waals surface area contributed by atoms with Gasteiger partial charge in [-0.05, 0) is 37.8 Å². The van der Waals surface area contributed by atoms with Crippen LogP contribution >= 0.6 is 0 Å². The Morgan fingerprint density at radius 3 is 2.54 bits per heavy atom. The number of aryl methyl sites for hydroxylation is 1. The highest BCUT2D eigenvalue weighted by atomic mass is 32.2. The second kappa shape index (κ2) is 7.96. The number of anilines is 1. The van der Waals surface area contributed by atoms with Gasteiger partial charge < -0.3 is 5.32 Å². The Bertz CT molecular complexity index is 983. The number of hydrogen-bond acceptors (Lipinski definition) is 4. The number of piperidine rings is 1. The van der Waals surface area contributed by atoms with E-state index in [0.717, 1.165) is 25.0 Å². The van der Waals surface area contributed by atoms with Crippen LogP contribution in [0, 0.1) is 17.6 Å². The number of carbonyl (C=O) groups is 1. The summed E-state index contributed by atoms with van der Waals surface area (Å²) < 4.78 is 55.3. The fourth-order valence-electron chi connectivity index (χ4n) is 3.03. The Hall–Kier alpha value is -2.33. The van der Waals surface area contributed by atoms with Crippen molar-refractivity contribution in [2.75, 3.05) is 18.4 Å². The van der Waals surface area contributed by atoms with E-state index in [1.165, 1.54) is 21.3 Å². The van der Waals surface area contributed by atoms with Crippen molar-refractivity contribution >= 4 is 21.6 Å². The molecule has 1 aliphatic rings. The van der Waals surface area contributed by atoms with Crippen LogP contribution in [0.4, 0.5) is 14.5 Å². The lowest BCUT2D eigenvalue weighted by Gasteiger charge is -2.28. The molecule has 10 heteroatoms. The van der Waals surface area contributed by atoms with E-state index in [9.17, 15) is 22.0 Å². The van der Waals surface area contributed by atoms with Crippen LogP contribution in [0.2, 0.25) is 0 Å². The molecule has 0 atom stereocenters. The predicted molar refractivity (Wildman–Crippen MR) is 99.4 cm³/mol. The summed E-state index contributed by atoms with van der Waals surface area (Å²) in [5.74, 6) is -2.47. The third-order valence-electron chi connectivity index (χ3n) is 4.80. The molecule has 0 unspecified atom stereocenters. The van der Waals surface area contributed by atoms with Gasteiger partial charge in [0.15, 0.2) is 11.6 Å². The fraction of sp³-hybridized carbons (Fsp3) is 0.444. The number of benzene rings is 1. The van der Waals surface area contributed by atoms with Gasteiger partial charge in [0.05, 0.1) is 5.56 Å². The normalized spacial score (nSPS) is 16.3. The molecular weight excluding hydrogens is 390 g/mol. The number of nitrogens with zero attached hydrogens (tertiary/aromatic N) is 3. The number of amides is 1. The van der Waals surface area contributed by atoms with Gasteiger partial charge in [0, 0.05) is 37.6 Å². The molecular formula is C18H22F2N4O3S. The predicted octanol–water partition coefficient (Wildman–Crippen LogP) is 2.85. The minimum absolute atomic E-state index is 0.0169. The van der Waals surface area contributed by atoms with Gasteiger partial charge in [-0.2, -0.15) is 9.40 Å². The average molecular weight is 412 g/mol. The number of sulfonamides is 1. The van der Waals surface area contributed by atoms with Crippen molar-refractivity contribution in [2.45, 2.75) is 38.3 Å². The number of aromatic nitrogens is 2. The standard InChI is InChI=1S/C18H22F2N4O3S/c1-3-23-11-14(17(25)21-13-4-5-15(19)16(20)10-13)18(22-23)28(26,27)24-8-6-12(2)7-9-24/h4-5,10-12H,3,6-9H2,1-2H3,(H,21,25). The molecule has 1 aromatic carbocycles. The van der Waals surface area contributed by atoms with Crippen LogP contribution in [0.5, 0.6) is 0 Å². The van der Waals surface area contributed by atoms with E-state index in [0.29, 0.717) is 25.6 Å². The Labute approximate surface area is 162 Å². The average Bonchev–Trinajstić information content (AvgIpc) is 3.11. The van der Waals surface area contributed by atoms with Crippen molar-refractivity contribution in [3.63, 3.8) is 0 Å². The largest absolute Gasteiger partial charge is 0.322 e. The van der Waals surface area contributed by atoms with Crippen LogP contribution in [0.3, 0.4) is 0 Å². The zero-order valence-corrected chi connectivity index (χ0v) is 16.5. The van der Waals surface area contributed by atoms with Gasteiger partial charge in [-0.25, -0.2) is 17.2 Å². The second-order valence-corrected chi connectivity index (χ2v) is 8.73. The van der Waals surface area contributed by atoms with Crippen molar-refractivity contribution in [3.05, 3.63) is 41.6 Å². The summed E-state index contributed by atoms with van der Waals surface area (Å²) in [6.45, 7) is 4.94. The highest BCUT2D eigenvalue weighted by Gasteiger charge is 2.34. The maximum atomic E-state index is 13.4. The lowest BCUT2D eigenvalue weighted by atomic mass is 10.0. The van der Waals surface area contributed by atoms with Crippen LogP contribution in [0.15, 0.2) is 29.4 Å². The molecule has 1 amide bonds. The molecule has 0 radical (unpaired) electrons. The van der Waals surface area contributed by atoms with Crippen LogP contribution in [0.25, 0.3) is 0 Å². The summed E-state index contributed by atoms with van der Waals surface area (Å²) in [5, 5.41) is 6.16. The molecule has 7 nitrogen and oxygen atoms in total.